The Morgan fingerprint density at radius 1 is 1.20 bits per heavy atom. The number of methoxy groups -OCH3 is 1. The third kappa shape index (κ3) is 3.64. The van der Waals surface area contributed by atoms with Crippen LogP contribution in [-0.4, -0.2) is 36.1 Å². The molecule has 4 aromatic rings. The zero-order valence-corrected chi connectivity index (χ0v) is 18.2. The van der Waals surface area contributed by atoms with Crippen LogP contribution in [0.5, 0.6) is 5.75 Å². The van der Waals surface area contributed by atoms with E-state index < -0.39 is 0 Å². The highest BCUT2D eigenvalue weighted by atomic mass is 32.1. The van der Waals surface area contributed by atoms with Crippen LogP contribution >= 0.6 is 22.7 Å². The SMILES string of the molecule is COc1ccc2sc(N3CC(C(=O)Nc4cccc(-c5csc(C)n5)c4)C3)nc2c1. The van der Waals surface area contributed by atoms with Gasteiger partial charge in [-0.05, 0) is 31.2 Å². The Bertz CT molecular complexity index is 1230. The summed E-state index contributed by atoms with van der Waals surface area (Å²) in [4.78, 5) is 24.1. The summed E-state index contributed by atoms with van der Waals surface area (Å²) in [6, 6.07) is 13.8. The first kappa shape index (κ1) is 19.0. The number of rotatable bonds is 5. The Balaban J connectivity index is 1.23. The van der Waals surface area contributed by atoms with Crippen molar-refractivity contribution in [1.82, 2.24) is 9.97 Å². The average molecular weight is 437 g/mol. The Morgan fingerprint density at radius 2 is 2.07 bits per heavy atom. The summed E-state index contributed by atoms with van der Waals surface area (Å²) in [6.45, 7) is 3.34. The van der Waals surface area contributed by atoms with Crippen molar-refractivity contribution < 1.29 is 9.53 Å². The third-order valence-corrected chi connectivity index (χ3v) is 7.02. The molecule has 152 valence electrons. The highest BCUT2D eigenvalue weighted by Gasteiger charge is 2.34. The monoisotopic (exact) mass is 436 g/mol. The van der Waals surface area contributed by atoms with Gasteiger partial charge in [-0.15, -0.1) is 11.3 Å². The van der Waals surface area contributed by atoms with Crippen molar-refractivity contribution in [2.75, 3.05) is 30.4 Å². The number of hydrogen-bond acceptors (Lipinski definition) is 7. The van der Waals surface area contributed by atoms with Gasteiger partial charge in [0.1, 0.15) is 5.75 Å². The van der Waals surface area contributed by atoms with Crippen LogP contribution in [0.2, 0.25) is 0 Å². The fourth-order valence-corrected chi connectivity index (χ4v) is 5.04. The standard InChI is InChI=1S/C22H20N4O2S2/c1-13-23-19(12-29-13)14-4-3-5-16(8-14)24-21(27)15-10-26(11-15)22-25-18-9-17(28-2)6-7-20(18)30-22/h3-9,12,15H,10-11H2,1-2H3,(H,24,27). The minimum Gasteiger partial charge on any atom is -0.497 e. The Kier molecular flexibility index (Phi) is 4.88. The fraction of sp³-hybridized carbons (Fsp3) is 0.227. The number of amides is 1. The summed E-state index contributed by atoms with van der Waals surface area (Å²) in [5, 5.41) is 7.06. The van der Waals surface area contributed by atoms with Gasteiger partial charge in [0.2, 0.25) is 5.91 Å². The molecule has 1 aliphatic rings. The largest absolute Gasteiger partial charge is 0.497 e. The number of carbonyl (C=O) groups is 1. The van der Waals surface area contributed by atoms with Gasteiger partial charge in [-0.1, -0.05) is 23.5 Å². The van der Waals surface area contributed by atoms with E-state index in [1.54, 1.807) is 29.8 Å². The highest BCUT2D eigenvalue weighted by Crippen LogP contribution is 2.34. The molecule has 0 bridgehead atoms. The topological polar surface area (TPSA) is 67.3 Å². The van der Waals surface area contributed by atoms with Crippen molar-refractivity contribution in [2.45, 2.75) is 6.92 Å². The zero-order valence-electron chi connectivity index (χ0n) is 16.6. The number of aryl methyl sites for hydroxylation is 1. The second kappa shape index (κ2) is 7.70. The molecule has 1 amide bonds. The molecule has 0 aliphatic carbocycles. The molecule has 6 nitrogen and oxygen atoms in total. The van der Waals surface area contributed by atoms with Gasteiger partial charge in [-0.25, -0.2) is 9.97 Å². The lowest BCUT2D eigenvalue weighted by molar-refractivity contribution is -0.120. The molecule has 3 heterocycles. The Hall–Kier alpha value is -2.97. The third-order valence-electron chi connectivity index (χ3n) is 5.15. The molecule has 30 heavy (non-hydrogen) atoms. The lowest BCUT2D eigenvalue weighted by Crippen LogP contribution is -2.52. The molecule has 2 aromatic heterocycles. The molecule has 5 rings (SSSR count). The molecule has 1 fully saturated rings. The van der Waals surface area contributed by atoms with Crippen molar-refractivity contribution in [3.63, 3.8) is 0 Å². The van der Waals surface area contributed by atoms with Crippen LogP contribution < -0.4 is 15.0 Å². The predicted octanol–water partition coefficient (Wildman–Crippen LogP) is 4.81. The van der Waals surface area contributed by atoms with Crippen LogP contribution in [0, 0.1) is 12.8 Å². The Morgan fingerprint density at radius 3 is 2.83 bits per heavy atom. The van der Waals surface area contributed by atoms with Crippen LogP contribution in [0.15, 0.2) is 47.8 Å². The van der Waals surface area contributed by atoms with E-state index in [2.05, 4.69) is 15.2 Å². The smallest absolute Gasteiger partial charge is 0.231 e. The number of benzene rings is 2. The number of nitrogens with one attached hydrogen (secondary N) is 1. The van der Waals surface area contributed by atoms with Crippen molar-refractivity contribution >= 4 is 49.6 Å². The van der Waals surface area contributed by atoms with Crippen LogP contribution in [0.1, 0.15) is 5.01 Å². The van der Waals surface area contributed by atoms with E-state index in [4.69, 9.17) is 9.72 Å². The zero-order chi connectivity index (χ0) is 20.7. The molecular weight excluding hydrogens is 416 g/mol. The number of thiazole rings is 2. The van der Waals surface area contributed by atoms with Gasteiger partial charge in [0.25, 0.3) is 0 Å². The van der Waals surface area contributed by atoms with E-state index in [0.29, 0.717) is 13.1 Å². The summed E-state index contributed by atoms with van der Waals surface area (Å²) in [5.74, 6) is 0.799. The lowest BCUT2D eigenvalue weighted by Gasteiger charge is -2.37. The first-order valence-corrected chi connectivity index (χ1v) is 11.3. The number of nitrogens with zero attached hydrogens (tertiary/aromatic N) is 3. The normalized spacial score (nSPS) is 14.0. The number of ether oxygens (including phenoxy) is 1. The lowest BCUT2D eigenvalue weighted by atomic mass is 10.00. The molecule has 8 heteroatoms. The molecule has 0 atom stereocenters. The van der Waals surface area contributed by atoms with Gasteiger partial charge in [0.15, 0.2) is 5.13 Å². The van der Waals surface area contributed by atoms with Gasteiger partial charge < -0.3 is 15.0 Å². The maximum atomic E-state index is 12.7. The van der Waals surface area contributed by atoms with Crippen molar-refractivity contribution in [3.05, 3.63) is 52.9 Å². The first-order valence-electron chi connectivity index (χ1n) is 9.62. The summed E-state index contributed by atoms with van der Waals surface area (Å²) >= 11 is 3.26. The molecule has 0 saturated carbocycles. The van der Waals surface area contributed by atoms with Crippen molar-refractivity contribution in [1.29, 1.82) is 0 Å². The fourth-order valence-electron chi connectivity index (χ4n) is 3.45. The summed E-state index contributed by atoms with van der Waals surface area (Å²) in [7, 11) is 1.65. The number of aromatic nitrogens is 2. The van der Waals surface area contributed by atoms with E-state index >= 15 is 0 Å². The molecule has 1 aliphatic heterocycles. The van der Waals surface area contributed by atoms with E-state index in [-0.39, 0.29) is 11.8 Å². The predicted molar refractivity (Wildman–Crippen MR) is 123 cm³/mol. The van der Waals surface area contributed by atoms with Gasteiger partial charge in [-0.2, -0.15) is 0 Å². The number of fused-ring (bicyclic) bond motifs is 1. The van der Waals surface area contributed by atoms with E-state index in [9.17, 15) is 4.79 Å². The molecule has 2 aromatic carbocycles. The quantitative estimate of drug-likeness (QED) is 0.486. The van der Waals surface area contributed by atoms with E-state index in [0.717, 1.165) is 43.1 Å². The van der Waals surface area contributed by atoms with Gasteiger partial charge >= 0.3 is 0 Å². The van der Waals surface area contributed by atoms with Crippen molar-refractivity contribution in [2.24, 2.45) is 5.92 Å². The Labute approximate surface area is 182 Å². The van der Waals surface area contributed by atoms with Crippen LogP contribution in [-0.2, 0) is 4.79 Å². The number of carbonyl (C=O) groups excluding carboxylic acids is 1. The van der Waals surface area contributed by atoms with Gasteiger partial charge in [0, 0.05) is 35.8 Å². The molecule has 0 radical (unpaired) electrons. The highest BCUT2D eigenvalue weighted by molar-refractivity contribution is 7.22. The second-order valence-corrected chi connectivity index (χ2v) is 9.33. The first-order chi connectivity index (χ1) is 14.6. The maximum absolute atomic E-state index is 12.7. The second-order valence-electron chi connectivity index (χ2n) is 7.25. The van der Waals surface area contributed by atoms with Crippen LogP contribution in [0.4, 0.5) is 10.8 Å². The van der Waals surface area contributed by atoms with Gasteiger partial charge in [-0.3, -0.25) is 4.79 Å². The molecule has 0 unspecified atom stereocenters. The summed E-state index contributed by atoms with van der Waals surface area (Å²) < 4.78 is 6.39. The minimum atomic E-state index is -0.0447. The number of hydrogen-bond donors (Lipinski definition) is 1. The van der Waals surface area contributed by atoms with Crippen LogP contribution in [0.3, 0.4) is 0 Å². The maximum Gasteiger partial charge on any atom is 0.231 e. The minimum absolute atomic E-state index is 0.0423. The van der Waals surface area contributed by atoms with E-state index in [1.807, 2.05) is 54.8 Å². The molecule has 0 spiro atoms. The van der Waals surface area contributed by atoms with E-state index in [1.165, 1.54) is 0 Å². The summed E-state index contributed by atoms with van der Waals surface area (Å²) in [5.41, 5.74) is 3.68. The molecular formula is C22H20N4O2S2. The average Bonchev–Trinajstić information content (AvgIpc) is 3.32. The summed E-state index contributed by atoms with van der Waals surface area (Å²) in [6.07, 6.45) is 0. The molecule has 1 saturated heterocycles. The van der Waals surface area contributed by atoms with Gasteiger partial charge in [0.05, 0.1) is 33.9 Å². The number of anilines is 2. The molecule has 1 N–H and O–H groups in total. The van der Waals surface area contributed by atoms with Crippen LogP contribution in [0.25, 0.3) is 21.5 Å². The van der Waals surface area contributed by atoms with Crippen molar-refractivity contribution in [3.8, 4) is 17.0 Å².